The van der Waals surface area contributed by atoms with Crippen LogP contribution in [0.15, 0.2) is 60.7 Å². The molecule has 2 fully saturated rings. The highest BCUT2D eigenvalue weighted by molar-refractivity contribution is 6.99. The highest BCUT2D eigenvalue weighted by Crippen LogP contribution is 2.43. The SMILES string of the molecule is C#CCN1C(CO[Si](c2ccccc2)(c2ccccc2)C(C)(C)C)C1C1CCCCC1. The van der Waals surface area contributed by atoms with Crippen molar-refractivity contribution >= 4 is 18.7 Å². The van der Waals surface area contributed by atoms with E-state index in [4.69, 9.17) is 10.8 Å². The fourth-order valence-corrected chi connectivity index (χ4v) is 10.5. The summed E-state index contributed by atoms with van der Waals surface area (Å²) in [6.07, 6.45) is 12.6. The normalized spacial score (nSPS) is 24.5. The van der Waals surface area contributed by atoms with E-state index in [1.54, 1.807) is 0 Å². The van der Waals surface area contributed by atoms with E-state index >= 15 is 0 Å². The zero-order chi connectivity index (χ0) is 21.9. The minimum Gasteiger partial charge on any atom is -0.406 e. The lowest BCUT2D eigenvalue weighted by molar-refractivity contribution is 0.280. The Labute approximate surface area is 190 Å². The molecule has 2 aromatic rings. The number of hydrogen-bond donors (Lipinski definition) is 0. The summed E-state index contributed by atoms with van der Waals surface area (Å²) in [7, 11) is -2.48. The zero-order valence-electron chi connectivity index (χ0n) is 19.4. The predicted molar refractivity (Wildman–Crippen MR) is 133 cm³/mol. The summed E-state index contributed by atoms with van der Waals surface area (Å²) in [6, 6.07) is 23.0. The lowest BCUT2D eigenvalue weighted by Crippen LogP contribution is -2.67. The summed E-state index contributed by atoms with van der Waals surface area (Å²) < 4.78 is 7.22. The molecule has 0 amide bonds. The summed E-state index contributed by atoms with van der Waals surface area (Å²) in [5, 5.41) is 2.72. The molecule has 31 heavy (non-hydrogen) atoms. The lowest BCUT2D eigenvalue weighted by atomic mass is 9.86. The number of hydrogen-bond acceptors (Lipinski definition) is 2. The number of benzene rings is 2. The first-order valence-corrected chi connectivity index (χ1v) is 13.8. The molecule has 0 spiro atoms. The maximum Gasteiger partial charge on any atom is 0.261 e. The van der Waals surface area contributed by atoms with Gasteiger partial charge in [-0.2, -0.15) is 0 Å². The predicted octanol–water partition coefficient (Wildman–Crippen LogP) is 4.83. The fourth-order valence-electron chi connectivity index (χ4n) is 5.91. The third kappa shape index (κ3) is 4.39. The van der Waals surface area contributed by atoms with Crippen LogP contribution < -0.4 is 10.4 Å². The van der Waals surface area contributed by atoms with Gasteiger partial charge < -0.3 is 4.43 Å². The van der Waals surface area contributed by atoms with Gasteiger partial charge in [-0.05, 0) is 34.2 Å². The average Bonchev–Trinajstić information content (AvgIpc) is 3.48. The standard InChI is InChI=1S/C28H37NOSi/c1-5-21-29-26(27(29)23-15-9-6-10-16-23)22-30-31(28(2,3)4,24-17-11-7-12-18-24)25-19-13-8-14-20-25/h1,7-8,11-14,17-20,23,26-27H,6,9-10,15-16,21-22H2,2-4H3. The second kappa shape index (κ2) is 9.33. The first-order valence-electron chi connectivity index (χ1n) is 11.9. The van der Waals surface area contributed by atoms with Gasteiger partial charge in [0.15, 0.2) is 0 Å². The van der Waals surface area contributed by atoms with Crippen molar-refractivity contribution in [2.24, 2.45) is 5.92 Å². The van der Waals surface area contributed by atoms with E-state index in [0.29, 0.717) is 12.1 Å². The summed E-state index contributed by atoms with van der Waals surface area (Å²) in [5.41, 5.74) is 0. The highest BCUT2D eigenvalue weighted by atomic mass is 28.4. The molecule has 2 aliphatic rings. The Morgan fingerprint density at radius 3 is 1.97 bits per heavy atom. The Balaban J connectivity index is 1.65. The molecule has 0 bridgehead atoms. The first kappa shape index (κ1) is 22.3. The van der Waals surface area contributed by atoms with Crippen molar-refractivity contribution < 1.29 is 4.43 Å². The topological polar surface area (TPSA) is 12.2 Å². The van der Waals surface area contributed by atoms with Crippen molar-refractivity contribution in [3.8, 4) is 12.3 Å². The Morgan fingerprint density at radius 1 is 0.935 bits per heavy atom. The molecule has 2 nitrogen and oxygen atoms in total. The van der Waals surface area contributed by atoms with E-state index in [0.717, 1.165) is 19.1 Å². The van der Waals surface area contributed by atoms with Gasteiger partial charge in [0, 0.05) is 12.1 Å². The van der Waals surface area contributed by atoms with E-state index in [9.17, 15) is 0 Å². The Kier molecular flexibility index (Phi) is 6.72. The number of nitrogens with zero attached hydrogens (tertiary/aromatic N) is 1. The Hall–Kier alpha value is -1.86. The molecule has 3 heteroatoms. The molecule has 2 aromatic carbocycles. The Morgan fingerprint density at radius 2 is 1.48 bits per heavy atom. The third-order valence-corrected chi connectivity index (χ3v) is 12.4. The highest BCUT2D eigenvalue weighted by Gasteiger charge is 2.55. The van der Waals surface area contributed by atoms with Gasteiger partial charge in [-0.3, -0.25) is 4.90 Å². The summed E-state index contributed by atoms with van der Waals surface area (Å²) in [4.78, 5) is 2.52. The van der Waals surface area contributed by atoms with Crippen LogP contribution in [0.4, 0.5) is 0 Å². The van der Waals surface area contributed by atoms with Gasteiger partial charge >= 0.3 is 0 Å². The smallest absolute Gasteiger partial charge is 0.261 e. The van der Waals surface area contributed by atoms with Crippen molar-refractivity contribution in [2.75, 3.05) is 13.2 Å². The molecule has 1 aliphatic carbocycles. The van der Waals surface area contributed by atoms with E-state index in [2.05, 4.69) is 92.3 Å². The molecule has 0 aromatic heterocycles. The summed E-state index contributed by atoms with van der Waals surface area (Å²) >= 11 is 0. The van der Waals surface area contributed by atoms with Crippen LogP contribution >= 0.6 is 0 Å². The molecule has 0 N–H and O–H groups in total. The molecule has 1 aliphatic heterocycles. The third-order valence-electron chi connectivity index (χ3n) is 7.41. The summed E-state index contributed by atoms with van der Waals surface area (Å²) in [5.74, 6) is 3.69. The van der Waals surface area contributed by atoms with Gasteiger partial charge in [0.05, 0.1) is 13.2 Å². The van der Waals surface area contributed by atoms with Gasteiger partial charge in [0.1, 0.15) is 0 Å². The van der Waals surface area contributed by atoms with E-state index in [-0.39, 0.29) is 5.04 Å². The largest absolute Gasteiger partial charge is 0.406 e. The molecule has 3 unspecified atom stereocenters. The van der Waals surface area contributed by atoms with Crippen LogP contribution in [0.3, 0.4) is 0 Å². The van der Waals surface area contributed by atoms with E-state index in [1.807, 2.05) is 0 Å². The minimum atomic E-state index is -2.48. The van der Waals surface area contributed by atoms with Crippen LogP contribution in [-0.4, -0.2) is 38.5 Å². The first-order chi connectivity index (χ1) is 15.0. The van der Waals surface area contributed by atoms with Crippen LogP contribution in [0.5, 0.6) is 0 Å². The van der Waals surface area contributed by atoms with Gasteiger partial charge in [0.25, 0.3) is 8.32 Å². The molecular formula is C28H37NOSi. The molecule has 164 valence electrons. The van der Waals surface area contributed by atoms with Crippen LogP contribution in [0.2, 0.25) is 5.04 Å². The average molecular weight is 432 g/mol. The molecule has 1 heterocycles. The molecule has 3 atom stereocenters. The summed E-state index contributed by atoms with van der Waals surface area (Å²) in [6.45, 7) is 8.57. The van der Waals surface area contributed by atoms with Crippen LogP contribution in [0, 0.1) is 18.3 Å². The van der Waals surface area contributed by atoms with Crippen molar-refractivity contribution in [3.63, 3.8) is 0 Å². The van der Waals surface area contributed by atoms with Crippen LogP contribution in [-0.2, 0) is 4.43 Å². The van der Waals surface area contributed by atoms with Gasteiger partial charge in [-0.1, -0.05) is 107 Å². The fraction of sp³-hybridized carbons (Fsp3) is 0.500. The van der Waals surface area contributed by atoms with Gasteiger partial charge in [-0.15, -0.1) is 6.42 Å². The number of rotatable bonds is 7. The van der Waals surface area contributed by atoms with Gasteiger partial charge in [0.2, 0.25) is 0 Å². The van der Waals surface area contributed by atoms with Crippen molar-refractivity contribution in [1.29, 1.82) is 0 Å². The quantitative estimate of drug-likeness (QED) is 0.354. The maximum atomic E-state index is 7.22. The van der Waals surface area contributed by atoms with Crippen molar-refractivity contribution in [2.45, 2.75) is 70.0 Å². The lowest BCUT2D eigenvalue weighted by Gasteiger charge is -2.43. The zero-order valence-corrected chi connectivity index (χ0v) is 20.4. The van der Waals surface area contributed by atoms with Gasteiger partial charge in [-0.25, -0.2) is 0 Å². The molecular weight excluding hydrogens is 394 g/mol. The molecule has 1 saturated heterocycles. The second-order valence-corrected chi connectivity index (χ2v) is 14.6. The van der Waals surface area contributed by atoms with Crippen molar-refractivity contribution in [3.05, 3.63) is 60.7 Å². The van der Waals surface area contributed by atoms with Crippen molar-refractivity contribution in [1.82, 2.24) is 4.90 Å². The molecule has 0 radical (unpaired) electrons. The number of terminal acetylenes is 1. The maximum absolute atomic E-state index is 7.22. The Bertz CT molecular complexity index is 837. The monoisotopic (exact) mass is 431 g/mol. The molecule has 4 rings (SSSR count). The van der Waals surface area contributed by atoms with Crippen LogP contribution in [0.1, 0.15) is 52.9 Å². The van der Waals surface area contributed by atoms with E-state index in [1.165, 1.54) is 42.5 Å². The van der Waals surface area contributed by atoms with E-state index < -0.39 is 8.32 Å². The van der Waals surface area contributed by atoms with Crippen LogP contribution in [0.25, 0.3) is 0 Å². The molecule has 1 saturated carbocycles. The second-order valence-electron chi connectivity index (χ2n) is 10.3. The minimum absolute atomic E-state index is 0.0158.